The van der Waals surface area contributed by atoms with Crippen molar-refractivity contribution >= 4 is 21.9 Å². The van der Waals surface area contributed by atoms with Gasteiger partial charge in [0.2, 0.25) is 0 Å². The SMILES string of the molecule is COc1cccc(-c2nc(Br)c(CC(=O)O)n2C)c1. The van der Waals surface area contributed by atoms with Crippen LogP contribution in [0.4, 0.5) is 0 Å². The lowest BCUT2D eigenvalue weighted by molar-refractivity contribution is -0.136. The van der Waals surface area contributed by atoms with Gasteiger partial charge in [-0.15, -0.1) is 0 Å². The third-order valence-corrected chi connectivity index (χ3v) is 3.45. The van der Waals surface area contributed by atoms with Gasteiger partial charge in [0.1, 0.15) is 16.2 Å². The van der Waals surface area contributed by atoms with E-state index in [-0.39, 0.29) is 6.42 Å². The van der Waals surface area contributed by atoms with Crippen molar-refractivity contribution in [2.24, 2.45) is 7.05 Å². The zero-order valence-electron chi connectivity index (χ0n) is 10.6. The predicted molar refractivity (Wildman–Crippen MR) is 74.2 cm³/mol. The van der Waals surface area contributed by atoms with E-state index in [4.69, 9.17) is 9.84 Å². The Morgan fingerprint density at radius 2 is 2.26 bits per heavy atom. The van der Waals surface area contributed by atoms with Crippen molar-refractivity contribution in [2.45, 2.75) is 6.42 Å². The number of ether oxygens (including phenoxy) is 1. The molecule has 1 aromatic carbocycles. The van der Waals surface area contributed by atoms with Gasteiger partial charge in [-0.3, -0.25) is 4.79 Å². The molecule has 2 rings (SSSR count). The van der Waals surface area contributed by atoms with Crippen LogP contribution in [0.1, 0.15) is 5.69 Å². The summed E-state index contributed by atoms with van der Waals surface area (Å²) in [6, 6.07) is 7.48. The number of benzene rings is 1. The van der Waals surface area contributed by atoms with Crippen molar-refractivity contribution in [2.75, 3.05) is 7.11 Å². The molecule has 0 bridgehead atoms. The molecule has 0 saturated carbocycles. The molecular formula is C13H13BrN2O3. The lowest BCUT2D eigenvalue weighted by Gasteiger charge is -2.06. The average Bonchev–Trinajstić information content (AvgIpc) is 2.66. The number of imidazole rings is 1. The molecule has 0 spiro atoms. The first-order valence-electron chi connectivity index (χ1n) is 5.60. The minimum atomic E-state index is -0.888. The van der Waals surface area contributed by atoms with Gasteiger partial charge in [-0.05, 0) is 28.1 Å². The number of hydrogen-bond acceptors (Lipinski definition) is 3. The highest BCUT2D eigenvalue weighted by Crippen LogP contribution is 2.27. The van der Waals surface area contributed by atoms with Crippen LogP contribution in [0.5, 0.6) is 5.75 Å². The maximum absolute atomic E-state index is 10.8. The van der Waals surface area contributed by atoms with Crippen LogP contribution in [-0.2, 0) is 18.3 Å². The standard InChI is InChI=1S/C13H13BrN2O3/c1-16-10(7-11(17)18)12(14)15-13(16)8-4-3-5-9(6-8)19-2/h3-6H,7H2,1-2H3,(H,17,18). The normalized spacial score (nSPS) is 10.5. The highest BCUT2D eigenvalue weighted by molar-refractivity contribution is 9.10. The third kappa shape index (κ3) is 2.78. The zero-order valence-corrected chi connectivity index (χ0v) is 12.1. The average molecular weight is 325 g/mol. The fourth-order valence-corrected chi connectivity index (χ4v) is 2.43. The van der Waals surface area contributed by atoms with Crippen LogP contribution in [0, 0.1) is 0 Å². The number of methoxy groups -OCH3 is 1. The number of hydrogen-bond donors (Lipinski definition) is 1. The minimum absolute atomic E-state index is 0.0753. The number of aromatic nitrogens is 2. The summed E-state index contributed by atoms with van der Waals surface area (Å²) in [5.41, 5.74) is 1.50. The van der Waals surface area contributed by atoms with Crippen LogP contribution in [0.25, 0.3) is 11.4 Å². The molecule has 0 unspecified atom stereocenters. The molecule has 0 fully saturated rings. The van der Waals surface area contributed by atoms with Crippen molar-refractivity contribution in [1.82, 2.24) is 9.55 Å². The molecule has 6 heteroatoms. The van der Waals surface area contributed by atoms with Gasteiger partial charge < -0.3 is 14.4 Å². The van der Waals surface area contributed by atoms with Gasteiger partial charge in [0.15, 0.2) is 0 Å². The molecule has 19 heavy (non-hydrogen) atoms. The molecular weight excluding hydrogens is 312 g/mol. The number of halogens is 1. The van der Waals surface area contributed by atoms with E-state index in [1.54, 1.807) is 18.7 Å². The molecule has 100 valence electrons. The summed E-state index contributed by atoms with van der Waals surface area (Å²) in [5.74, 6) is 0.541. The summed E-state index contributed by atoms with van der Waals surface area (Å²) < 4.78 is 7.50. The maximum atomic E-state index is 10.8. The van der Waals surface area contributed by atoms with Crippen LogP contribution in [-0.4, -0.2) is 27.7 Å². The van der Waals surface area contributed by atoms with E-state index in [1.807, 2.05) is 24.3 Å². The summed E-state index contributed by atoms with van der Waals surface area (Å²) in [6.07, 6.45) is -0.0753. The van der Waals surface area contributed by atoms with Gasteiger partial charge in [0.05, 0.1) is 19.2 Å². The summed E-state index contributed by atoms with van der Waals surface area (Å²) >= 11 is 3.30. The van der Waals surface area contributed by atoms with Crippen molar-refractivity contribution in [1.29, 1.82) is 0 Å². The topological polar surface area (TPSA) is 64.3 Å². The van der Waals surface area contributed by atoms with Gasteiger partial charge in [0.25, 0.3) is 0 Å². The van der Waals surface area contributed by atoms with Gasteiger partial charge in [-0.25, -0.2) is 4.98 Å². The van der Waals surface area contributed by atoms with Gasteiger partial charge in [-0.1, -0.05) is 12.1 Å². The van der Waals surface area contributed by atoms with E-state index in [0.717, 1.165) is 11.3 Å². The molecule has 2 aromatic rings. The number of carboxylic acids is 1. The first kappa shape index (κ1) is 13.6. The summed E-state index contributed by atoms with van der Waals surface area (Å²) in [7, 11) is 3.40. The van der Waals surface area contributed by atoms with E-state index in [2.05, 4.69) is 20.9 Å². The second-order valence-electron chi connectivity index (χ2n) is 4.03. The maximum Gasteiger partial charge on any atom is 0.309 e. The molecule has 1 heterocycles. The molecule has 0 atom stereocenters. The first-order chi connectivity index (χ1) is 9.02. The van der Waals surface area contributed by atoms with Crippen molar-refractivity contribution < 1.29 is 14.6 Å². The molecule has 0 radical (unpaired) electrons. The van der Waals surface area contributed by atoms with Crippen LogP contribution in [0.15, 0.2) is 28.9 Å². The number of carboxylic acid groups (broad SMARTS) is 1. The fourth-order valence-electron chi connectivity index (χ4n) is 1.85. The second-order valence-corrected chi connectivity index (χ2v) is 4.79. The molecule has 1 aromatic heterocycles. The molecule has 0 aliphatic carbocycles. The molecule has 0 aliphatic rings. The number of aliphatic carboxylic acids is 1. The van der Waals surface area contributed by atoms with E-state index >= 15 is 0 Å². The molecule has 0 amide bonds. The van der Waals surface area contributed by atoms with E-state index in [9.17, 15) is 4.79 Å². The summed E-state index contributed by atoms with van der Waals surface area (Å²) in [5, 5.41) is 8.90. The molecule has 0 saturated heterocycles. The minimum Gasteiger partial charge on any atom is -0.497 e. The Morgan fingerprint density at radius 1 is 1.53 bits per heavy atom. The Hall–Kier alpha value is -1.82. The van der Waals surface area contributed by atoms with Crippen LogP contribution >= 0.6 is 15.9 Å². The highest BCUT2D eigenvalue weighted by Gasteiger charge is 2.16. The Balaban J connectivity index is 2.48. The number of rotatable bonds is 4. The lowest BCUT2D eigenvalue weighted by Crippen LogP contribution is -2.06. The molecule has 5 nitrogen and oxygen atoms in total. The van der Waals surface area contributed by atoms with Crippen molar-refractivity contribution in [3.8, 4) is 17.1 Å². The number of nitrogens with zero attached hydrogens (tertiary/aromatic N) is 2. The number of carbonyl (C=O) groups is 1. The Bertz CT molecular complexity index is 622. The highest BCUT2D eigenvalue weighted by atomic mass is 79.9. The van der Waals surface area contributed by atoms with E-state index < -0.39 is 5.97 Å². The zero-order chi connectivity index (χ0) is 14.0. The van der Waals surface area contributed by atoms with E-state index in [0.29, 0.717) is 16.1 Å². The predicted octanol–water partition coefficient (Wildman–Crippen LogP) is 2.49. The largest absolute Gasteiger partial charge is 0.497 e. The van der Waals surface area contributed by atoms with E-state index in [1.165, 1.54) is 0 Å². The molecule has 1 N–H and O–H groups in total. The van der Waals surface area contributed by atoms with Crippen molar-refractivity contribution in [3.63, 3.8) is 0 Å². The monoisotopic (exact) mass is 324 g/mol. The summed E-state index contributed by atoms with van der Waals surface area (Å²) in [4.78, 5) is 15.2. The fraction of sp³-hybridized carbons (Fsp3) is 0.231. The second kappa shape index (κ2) is 5.44. The van der Waals surface area contributed by atoms with Crippen LogP contribution in [0.3, 0.4) is 0 Å². The smallest absolute Gasteiger partial charge is 0.309 e. The lowest BCUT2D eigenvalue weighted by atomic mass is 10.2. The third-order valence-electron chi connectivity index (χ3n) is 2.81. The van der Waals surface area contributed by atoms with Gasteiger partial charge in [-0.2, -0.15) is 0 Å². The Labute approximate surface area is 119 Å². The van der Waals surface area contributed by atoms with Gasteiger partial charge in [0, 0.05) is 12.6 Å². The summed E-state index contributed by atoms with van der Waals surface area (Å²) in [6.45, 7) is 0. The Kier molecular flexibility index (Phi) is 3.90. The first-order valence-corrected chi connectivity index (χ1v) is 6.39. The molecule has 0 aliphatic heterocycles. The van der Waals surface area contributed by atoms with Gasteiger partial charge >= 0.3 is 5.97 Å². The van der Waals surface area contributed by atoms with Crippen LogP contribution in [0.2, 0.25) is 0 Å². The van der Waals surface area contributed by atoms with Crippen LogP contribution < -0.4 is 4.74 Å². The Morgan fingerprint density at radius 3 is 2.89 bits per heavy atom. The van der Waals surface area contributed by atoms with Crippen molar-refractivity contribution in [3.05, 3.63) is 34.6 Å². The quantitative estimate of drug-likeness (QED) is 0.938.